The molecule has 0 aliphatic carbocycles. The molecule has 0 unspecified atom stereocenters. The van der Waals surface area contributed by atoms with Gasteiger partial charge in [-0.3, -0.25) is 4.79 Å². The first-order valence-corrected chi connectivity index (χ1v) is 12.1. The van der Waals surface area contributed by atoms with E-state index in [0.29, 0.717) is 29.9 Å². The van der Waals surface area contributed by atoms with Crippen LogP contribution in [0, 0.1) is 6.92 Å². The fourth-order valence-corrected chi connectivity index (χ4v) is 4.01. The fraction of sp³-hybridized carbons (Fsp3) is 0.233. The average molecular weight is 482 g/mol. The highest BCUT2D eigenvalue weighted by molar-refractivity contribution is 5.82. The van der Waals surface area contributed by atoms with Crippen LogP contribution >= 0.6 is 0 Å². The number of fused-ring (bicyclic) bond motifs is 1. The minimum absolute atomic E-state index is 0.225. The van der Waals surface area contributed by atoms with Crippen LogP contribution in [-0.4, -0.2) is 29.1 Å². The molecule has 36 heavy (non-hydrogen) atoms. The number of aryl methyl sites for hydroxylation is 1. The number of aromatic nitrogens is 2. The van der Waals surface area contributed by atoms with Crippen LogP contribution in [0.25, 0.3) is 22.3 Å². The summed E-state index contributed by atoms with van der Waals surface area (Å²) in [7, 11) is 0. The normalized spacial score (nSPS) is 11.4. The van der Waals surface area contributed by atoms with Crippen LogP contribution in [0.4, 0.5) is 0 Å². The van der Waals surface area contributed by atoms with Gasteiger partial charge in [0, 0.05) is 5.56 Å². The van der Waals surface area contributed by atoms with Crippen molar-refractivity contribution in [3.63, 3.8) is 0 Å². The number of nitrogens with zero attached hydrogens (tertiary/aromatic N) is 3. The molecule has 0 aliphatic heterocycles. The SMILES string of the molecule is C=CCOc1ccc(C=Nn2c(-c3cc(C(C)C)c(OCC)cc3C)nc3ccccc3c2=O)cc1. The lowest BCUT2D eigenvalue weighted by molar-refractivity contribution is 0.335. The molecular formula is C30H31N3O3. The number of ether oxygens (including phenoxy) is 2. The number of rotatable bonds is 9. The largest absolute Gasteiger partial charge is 0.494 e. The zero-order valence-electron chi connectivity index (χ0n) is 21.2. The lowest BCUT2D eigenvalue weighted by Crippen LogP contribution is -2.20. The summed E-state index contributed by atoms with van der Waals surface area (Å²) in [6, 6.07) is 18.9. The molecule has 4 aromatic rings. The monoisotopic (exact) mass is 481 g/mol. The van der Waals surface area contributed by atoms with Crippen molar-refractivity contribution in [3.8, 4) is 22.9 Å². The Hall–Kier alpha value is -4.19. The number of hydrogen-bond acceptors (Lipinski definition) is 5. The second-order valence-electron chi connectivity index (χ2n) is 8.78. The molecule has 0 saturated carbocycles. The molecule has 0 bridgehead atoms. The topological polar surface area (TPSA) is 65.7 Å². The van der Waals surface area contributed by atoms with Gasteiger partial charge in [0.15, 0.2) is 5.82 Å². The zero-order valence-corrected chi connectivity index (χ0v) is 21.2. The summed E-state index contributed by atoms with van der Waals surface area (Å²) in [5, 5.41) is 5.11. The highest BCUT2D eigenvalue weighted by Gasteiger charge is 2.18. The maximum Gasteiger partial charge on any atom is 0.282 e. The second-order valence-corrected chi connectivity index (χ2v) is 8.78. The van der Waals surface area contributed by atoms with Crippen molar-refractivity contribution >= 4 is 17.1 Å². The molecule has 0 N–H and O–H groups in total. The van der Waals surface area contributed by atoms with Gasteiger partial charge in [0.25, 0.3) is 5.56 Å². The van der Waals surface area contributed by atoms with Gasteiger partial charge in [-0.2, -0.15) is 9.78 Å². The van der Waals surface area contributed by atoms with Crippen molar-refractivity contribution in [2.75, 3.05) is 13.2 Å². The van der Waals surface area contributed by atoms with Gasteiger partial charge in [0.1, 0.15) is 18.1 Å². The first-order valence-electron chi connectivity index (χ1n) is 12.1. The van der Waals surface area contributed by atoms with E-state index in [1.165, 1.54) is 4.68 Å². The quantitative estimate of drug-likeness (QED) is 0.207. The first kappa shape index (κ1) is 24.9. The Morgan fingerprint density at radius 2 is 1.83 bits per heavy atom. The number of benzene rings is 3. The molecule has 0 spiro atoms. The Morgan fingerprint density at radius 3 is 2.53 bits per heavy atom. The smallest absolute Gasteiger partial charge is 0.282 e. The third-order valence-electron chi connectivity index (χ3n) is 5.84. The maximum atomic E-state index is 13.6. The van der Waals surface area contributed by atoms with E-state index in [-0.39, 0.29) is 11.5 Å². The lowest BCUT2D eigenvalue weighted by Gasteiger charge is -2.18. The van der Waals surface area contributed by atoms with Crippen LogP contribution in [0.1, 0.15) is 43.4 Å². The van der Waals surface area contributed by atoms with Gasteiger partial charge in [0.2, 0.25) is 0 Å². The van der Waals surface area contributed by atoms with E-state index in [9.17, 15) is 4.79 Å². The Bertz CT molecular complexity index is 1470. The molecule has 4 rings (SSSR count). The van der Waals surface area contributed by atoms with Gasteiger partial charge in [0.05, 0.1) is 23.7 Å². The minimum Gasteiger partial charge on any atom is -0.494 e. The highest BCUT2D eigenvalue weighted by atomic mass is 16.5. The van der Waals surface area contributed by atoms with Crippen molar-refractivity contribution in [3.05, 3.63) is 100 Å². The lowest BCUT2D eigenvalue weighted by atomic mass is 9.96. The van der Waals surface area contributed by atoms with E-state index >= 15 is 0 Å². The van der Waals surface area contributed by atoms with E-state index in [0.717, 1.165) is 33.8 Å². The Morgan fingerprint density at radius 1 is 1.08 bits per heavy atom. The molecule has 184 valence electrons. The van der Waals surface area contributed by atoms with Crippen molar-refractivity contribution in [2.45, 2.75) is 33.6 Å². The summed E-state index contributed by atoms with van der Waals surface area (Å²) in [5.74, 6) is 2.31. The van der Waals surface area contributed by atoms with Gasteiger partial charge >= 0.3 is 0 Å². The summed E-state index contributed by atoms with van der Waals surface area (Å²) in [4.78, 5) is 18.5. The predicted octanol–water partition coefficient (Wildman–Crippen LogP) is 6.34. The molecular weight excluding hydrogens is 450 g/mol. The Balaban J connectivity index is 1.87. The number of hydrogen-bond donors (Lipinski definition) is 0. The van der Waals surface area contributed by atoms with Gasteiger partial charge in [-0.1, -0.05) is 38.6 Å². The van der Waals surface area contributed by atoms with Gasteiger partial charge in [-0.15, -0.1) is 0 Å². The van der Waals surface area contributed by atoms with Crippen LogP contribution in [0.15, 0.2) is 83.2 Å². The van der Waals surface area contributed by atoms with E-state index in [1.54, 1.807) is 18.4 Å². The predicted molar refractivity (Wildman–Crippen MR) is 147 cm³/mol. The standard InChI is InChI=1S/C30H31N3O3/c1-6-16-36-23-14-12-22(13-15-23)19-31-33-29(32-27-11-9-8-10-24(27)30(33)34)26-18-25(20(3)4)28(35-7-2)17-21(26)5/h6,8-15,17-20H,1,7,16H2,2-5H3. The molecule has 3 aromatic carbocycles. The van der Waals surface area contributed by atoms with Gasteiger partial charge < -0.3 is 9.47 Å². The molecule has 0 saturated heterocycles. The molecule has 0 atom stereocenters. The van der Waals surface area contributed by atoms with Crippen LogP contribution in [-0.2, 0) is 0 Å². The van der Waals surface area contributed by atoms with E-state index in [4.69, 9.17) is 14.5 Å². The van der Waals surface area contributed by atoms with Crippen LogP contribution in [0.2, 0.25) is 0 Å². The van der Waals surface area contributed by atoms with E-state index in [2.05, 4.69) is 31.6 Å². The summed E-state index contributed by atoms with van der Waals surface area (Å²) >= 11 is 0. The number of para-hydroxylation sites is 1. The molecule has 0 radical (unpaired) electrons. The van der Waals surface area contributed by atoms with Crippen molar-refractivity contribution in [1.82, 2.24) is 9.66 Å². The molecule has 0 amide bonds. The van der Waals surface area contributed by atoms with Crippen LogP contribution in [0.3, 0.4) is 0 Å². The summed E-state index contributed by atoms with van der Waals surface area (Å²) in [5.41, 5.74) is 4.10. The van der Waals surface area contributed by atoms with Gasteiger partial charge in [-0.25, -0.2) is 4.98 Å². The van der Waals surface area contributed by atoms with Crippen LogP contribution < -0.4 is 15.0 Å². The third kappa shape index (κ3) is 5.23. The van der Waals surface area contributed by atoms with E-state index < -0.39 is 0 Å². The van der Waals surface area contributed by atoms with Crippen molar-refractivity contribution in [1.29, 1.82) is 0 Å². The summed E-state index contributed by atoms with van der Waals surface area (Å²) in [6.45, 7) is 12.9. The fourth-order valence-electron chi connectivity index (χ4n) is 4.01. The van der Waals surface area contributed by atoms with E-state index in [1.807, 2.05) is 62.4 Å². The highest BCUT2D eigenvalue weighted by Crippen LogP contribution is 2.34. The Kier molecular flexibility index (Phi) is 7.64. The Labute approximate surface area is 211 Å². The maximum absolute atomic E-state index is 13.6. The van der Waals surface area contributed by atoms with Crippen molar-refractivity contribution in [2.24, 2.45) is 5.10 Å². The second kappa shape index (κ2) is 11.0. The molecule has 6 heteroatoms. The van der Waals surface area contributed by atoms with Gasteiger partial charge in [-0.05, 0) is 85.0 Å². The molecule has 6 nitrogen and oxygen atoms in total. The summed E-state index contributed by atoms with van der Waals surface area (Å²) < 4.78 is 12.8. The molecule has 1 aromatic heterocycles. The summed E-state index contributed by atoms with van der Waals surface area (Å²) in [6.07, 6.45) is 3.36. The third-order valence-corrected chi connectivity index (χ3v) is 5.84. The average Bonchev–Trinajstić information content (AvgIpc) is 2.87. The molecule has 0 aliphatic rings. The molecule has 0 fully saturated rings. The van der Waals surface area contributed by atoms with Crippen molar-refractivity contribution < 1.29 is 9.47 Å². The molecule has 1 heterocycles. The zero-order chi connectivity index (χ0) is 25.7. The first-order chi connectivity index (χ1) is 17.4. The van der Waals surface area contributed by atoms with Crippen LogP contribution in [0.5, 0.6) is 11.5 Å². The minimum atomic E-state index is -0.225.